The number of non-ortho nitro benzene ring substituents is 1. The number of hydrogen-bond acceptors (Lipinski definition) is 5. The molecule has 98 valence electrons. The molecule has 0 saturated carbocycles. The third-order valence-corrected chi connectivity index (χ3v) is 2.52. The summed E-state index contributed by atoms with van der Waals surface area (Å²) >= 11 is 0. The average molecular weight is 261 g/mol. The first kappa shape index (κ1) is 12.7. The predicted molar refractivity (Wildman–Crippen MR) is 65.9 cm³/mol. The smallest absolute Gasteiger partial charge is 0.310 e. The van der Waals surface area contributed by atoms with E-state index in [1.807, 2.05) is 0 Å². The number of aromatic nitrogens is 2. The summed E-state index contributed by atoms with van der Waals surface area (Å²) in [6.07, 6.45) is 3.27. The summed E-state index contributed by atoms with van der Waals surface area (Å²) in [6, 6.07) is 6.09. The highest BCUT2D eigenvalue weighted by Crippen LogP contribution is 2.16. The molecule has 1 aromatic carbocycles. The molecule has 0 saturated heterocycles. The molecule has 0 fully saturated rings. The standard InChI is InChI=1S/C12H11N3O4/c1-19-12(16)5-9-7-13-14(8-9)10-3-2-4-11(6-10)15(17)18/h2-4,6-8H,5H2,1H3. The number of nitrogens with zero attached hydrogens (tertiary/aromatic N) is 3. The van der Waals surface area contributed by atoms with Crippen molar-refractivity contribution in [2.45, 2.75) is 6.42 Å². The molecule has 0 atom stereocenters. The summed E-state index contributed by atoms with van der Waals surface area (Å²) in [6.45, 7) is 0. The van der Waals surface area contributed by atoms with Gasteiger partial charge in [0.05, 0.1) is 30.3 Å². The van der Waals surface area contributed by atoms with Crippen LogP contribution < -0.4 is 0 Å². The highest BCUT2D eigenvalue weighted by atomic mass is 16.6. The van der Waals surface area contributed by atoms with E-state index in [9.17, 15) is 14.9 Å². The lowest BCUT2D eigenvalue weighted by atomic mass is 10.2. The second kappa shape index (κ2) is 5.30. The molecule has 0 radical (unpaired) electrons. The molecule has 0 amide bonds. The molecule has 0 spiro atoms. The lowest BCUT2D eigenvalue weighted by molar-refractivity contribution is -0.384. The van der Waals surface area contributed by atoms with Crippen LogP contribution in [0.25, 0.3) is 5.69 Å². The summed E-state index contributed by atoms with van der Waals surface area (Å²) < 4.78 is 6.03. The van der Waals surface area contributed by atoms with Crippen LogP contribution in [0.2, 0.25) is 0 Å². The van der Waals surface area contributed by atoms with Crippen LogP contribution in [0, 0.1) is 10.1 Å². The van der Waals surface area contributed by atoms with Gasteiger partial charge in [0.1, 0.15) is 0 Å². The Labute approximate surface area is 108 Å². The van der Waals surface area contributed by atoms with E-state index >= 15 is 0 Å². The highest BCUT2D eigenvalue weighted by molar-refractivity contribution is 5.72. The fourth-order valence-corrected chi connectivity index (χ4v) is 1.58. The van der Waals surface area contributed by atoms with Gasteiger partial charge in [-0.1, -0.05) is 6.07 Å². The van der Waals surface area contributed by atoms with Gasteiger partial charge < -0.3 is 4.74 Å². The molecule has 0 unspecified atom stereocenters. The number of nitro groups is 1. The van der Waals surface area contributed by atoms with E-state index < -0.39 is 4.92 Å². The van der Waals surface area contributed by atoms with Crippen molar-refractivity contribution in [3.63, 3.8) is 0 Å². The number of methoxy groups -OCH3 is 1. The summed E-state index contributed by atoms with van der Waals surface area (Å²) in [4.78, 5) is 21.3. The molecule has 0 aliphatic heterocycles. The minimum Gasteiger partial charge on any atom is -0.469 e. The topological polar surface area (TPSA) is 87.3 Å². The maximum atomic E-state index is 11.1. The number of esters is 1. The van der Waals surface area contributed by atoms with E-state index in [2.05, 4.69) is 9.84 Å². The molecule has 2 aromatic rings. The Morgan fingerprint density at radius 3 is 3.00 bits per heavy atom. The van der Waals surface area contributed by atoms with Gasteiger partial charge in [-0.3, -0.25) is 14.9 Å². The molecular weight excluding hydrogens is 250 g/mol. The summed E-state index contributed by atoms with van der Waals surface area (Å²) in [5.74, 6) is -0.362. The average Bonchev–Trinajstić information content (AvgIpc) is 2.87. The normalized spacial score (nSPS) is 10.2. The predicted octanol–water partition coefficient (Wildman–Crippen LogP) is 1.50. The van der Waals surface area contributed by atoms with E-state index in [4.69, 9.17) is 0 Å². The number of ether oxygens (including phenoxy) is 1. The van der Waals surface area contributed by atoms with Gasteiger partial charge in [0, 0.05) is 23.9 Å². The third kappa shape index (κ3) is 2.95. The van der Waals surface area contributed by atoms with Crippen LogP contribution in [0.5, 0.6) is 0 Å². The Kier molecular flexibility index (Phi) is 3.56. The lowest BCUT2D eigenvalue weighted by Gasteiger charge is -2.00. The molecule has 0 aliphatic carbocycles. The zero-order chi connectivity index (χ0) is 13.8. The molecule has 1 heterocycles. The Balaban J connectivity index is 2.25. The molecule has 1 aromatic heterocycles. The molecule has 7 heteroatoms. The Morgan fingerprint density at radius 2 is 2.32 bits per heavy atom. The quantitative estimate of drug-likeness (QED) is 0.472. The molecule has 2 rings (SSSR count). The van der Waals surface area contributed by atoms with Crippen molar-refractivity contribution in [2.24, 2.45) is 0 Å². The van der Waals surface area contributed by atoms with Crippen molar-refractivity contribution in [1.29, 1.82) is 0 Å². The number of rotatable bonds is 4. The molecule has 0 aliphatic rings. The Hall–Kier alpha value is -2.70. The van der Waals surface area contributed by atoms with Crippen molar-refractivity contribution in [3.05, 3.63) is 52.3 Å². The maximum Gasteiger partial charge on any atom is 0.310 e. The van der Waals surface area contributed by atoms with Gasteiger partial charge in [0.2, 0.25) is 0 Å². The van der Waals surface area contributed by atoms with Gasteiger partial charge in [-0.05, 0) is 6.07 Å². The van der Waals surface area contributed by atoms with Gasteiger partial charge >= 0.3 is 5.97 Å². The Morgan fingerprint density at radius 1 is 1.53 bits per heavy atom. The van der Waals surface area contributed by atoms with Gasteiger partial charge in [-0.15, -0.1) is 0 Å². The first-order chi connectivity index (χ1) is 9.10. The van der Waals surface area contributed by atoms with Crippen LogP contribution in [0.3, 0.4) is 0 Å². The number of carbonyl (C=O) groups is 1. The van der Waals surface area contributed by atoms with Gasteiger partial charge in [0.15, 0.2) is 0 Å². The van der Waals surface area contributed by atoms with Crippen molar-refractivity contribution < 1.29 is 14.5 Å². The van der Waals surface area contributed by atoms with Crippen LogP contribution in [-0.4, -0.2) is 27.8 Å². The summed E-state index contributed by atoms with van der Waals surface area (Å²) in [7, 11) is 1.31. The van der Waals surface area contributed by atoms with Gasteiger partial charge in [-0.2, -0.15) is 5.10 Å². The number of benzene rings is 1. The maximum absolute atomic E-state index is 11.1. The zero-order valence-electron chi connectivity index (χ0n) is 10.1. The first-order valence-electron chi connectivity index (χ1n) is 5.45. The van der Waals surface area contributed by atoms with Crippen molar-refractivity contribution in [1.82, 2.24) is 9.78 Å². The fraction of sp³-hybridized carbons (Fsp3) is 0.167. The van der Waals surface area contributed by atoms with E-state index in [1.165, 1.54) is 30.1 Å². The van der Waals surface area contributed by atoms with Crippen LogP contribution in [0.15, 0.2) is 36.7 Å². The van der Waals surface area contributed by atoms with Crippen LogP contribution >= 0.6 is 0 Å². The van der Waals surface area contributed by atoms with Gasteiger partial charge in [-0.25, -0.2) is 4.68 Å². The second-order valence-corrected chi connectivity index (χ2v) is 3.82. The molecule has 0 N–H and O–H groups in total. The highest BCUT2D eigenvalue weighted by Gasteiger charge is 2.09. The molecule has 19 heavy (non-hydrogen) atoms. The van der Waals surface area contributed by atoms with E-state index in [0.717, 1.165) is 0 Å². The monoisotopic (exact) mass is 261 g/mol. The van der Waals surface area contributed by atoms with Crippen LogP contribution in [0.4, 0.5) is 5.69 Å². The number of nitro benzene ring substituents is 1. The molecule has 0 bridgehead atoms. The molecule has 7 nitrogen and oxygen atoms in total. The zero-order valence-corrected chi connectivity index (χ0v) is 10.1. The van der Waals surface area contributed by atoms with E-state index in [1.54, 1.807) is 18.3 Å². The largest absolute Gasteiger partial charge is 0.469 e. The van der Waals surface area contributed by atoms with E-state index in [-0.39, 0.29) is 18.1 Å². The van der Waals surface area contributed by atoms with E-state index in [0.29, 0.717) is 11.3 Å². The second-order valence-electron chi connectivity index (χ2n) is 3.82. The van der Waals surface area contributed by atoms with Gasteiger partial charge in [0.25, 0.3) is 5.69 Å². The van der Waals surface area contributed by atoms with Crippen molar-refractivity contribution >= 4 is 11.7 Å². The van der Waals surface area contributed by atoms with Crippen molar-refractivity contribution in [2.75, 3.05) is 7.11 Å². The third-order valence-electron chi connectivity index (χ3n) is 2.52. The first-order valence-corrected chi connectivity index (χ1v) is 5.45. The summed E-state index contributed by atoms with van der Waals surface area (Å²) in [5, 5.41) is 14.7. The summed E-state index contributed by atoms with van der Waals surface area (Å²) in [5.41, 5.74) is 1.23. The minimum absolute atomic E-state index is 0.0116. The SMILES string of the molecule is COC(=O)Cc1cnn(-c2cccc([N+](=O)[O-])c2)c1. The van der Waals surface area contributed by atoms with Crippen LogP contribution in [0.1, 0.15) is 5.56 Å². The van der Waals surface area contributed by atoms with Crippen LogP contribution in [-0.2, 0) is 16.0 Å². The number of carbonyl (C=O) groups excluding carboxylic acids is 1. The Bertz CT molecular complexity index is 621. The fourth-order valence-electron chi connectivity index (χ4n) is 1.58. The lowest BCUT2D eigenvalue weighted by Crippen LogP contribution is -2.03. The molecular formula is C12H11N3O4. The number of hydrogen-bond donors (Lipinski definition) is 0. The minimum atomic E-state index is -0.470. The van der Waals surface area contributed by atoms with Crippen molar-refractivity contribution in [3.8, 4) is 5.69 Å².